The lowest BCUT2D eigenvalue weighted by Crippen LogP contribution is -2.33. The second-order valence-electron chi connectivity index (χ2n) is 3.81. The smallest absolute Gasteiger partial charge is 0.255 e. The molecule has 0 heterocycles. The number of rotatable bonds is 3. The van der Waals surface area contributed by atoms with Gasteiger partial charge in [0.15, 0.2) is 0 Å². The summed E-state index contributed by atoms with van der Waals surface area (Å²) in [7, 11) is 1.57. The summed E-state index contributed by atoms with van der Waals surface area (Å²) < 4.78 is 0. The van der Waals surface area contributed by atoms with Gasteiger partial charge in [-0.2, -0.15) is 0 Å². The van der Waals surface area contributed by atoms with Gasteiger partial charge in [0.1, 0.15) is 5.75 Å². The van der Waals surface area contributed by atoms with Crippen LogP contribution in [0.5, 0.6) is 5.75 Å². The van der Waals surface area contributed by atoms with Crippen LogP contribution in [0.15, 0.2) is 18.2 Å². The number of benzene rings is 1. The minimum absolute atomic E-state index is 0.0111. The summed E-state index contributed by atoms with van der Waals surface area (Å²) in [4.78, 5) is 13.2. The number of aliphatic hydroxyl groups excluding tert-OH is 1. The third-order valence-corrected chi connectivity index (χ3v) is 2.15. The Kier molecular flexibility index (Phi) is 3.73. The van der Waals surface area contributed by atoms with Gasteiger partial charge in [-0.1, -0.05) is 0 Å². The monoisotopic (exact) mass is 224 g/mol. The van der Waals surface area contributed by atoms with Gasteiger partial charge in [0.2, 0.25) is 0 Å². The quantitative estimate of drug-likeness (QED) is 0.513. The van der Waals surface area contributed by atoms with E-state index in [1.807, 2.05) is 0 Å². The van der Waals surface area contributed by atoms with Crippen molar-refractivity contribution in [2.75, 3.05) is 19.3 Å². The van der Waals surface area contributed by atoms with Crippen molar-refractivity contribution in [3.05, 3.63) is 23.8 Å². The molecule has 4 N–H and O–H groups in total. The van der Waals surface area contributed by atoms with E-state index in [9.17, 15) is 9.90 Å². The van der Waals surface area contributed by atoms with Crippen LogP contribution in [-0.4, -0.2) is 40.7 Å². The van der Waals surface area contributed by atoms with Crippen molar-refractivity contribution in [2.24, 2.45) is 0 Å². The highest BCUT2D eigenvalue weighted by atomic mass is 16.3. The Hall–Kier alpha value is -1.75. The third-order valence-electron chi connectivity index (χ3n) is 2.15. The molecule has 0 spiro atoms. The van der Waals surface area contributed by atoms with E-state index in [-0.39, 0.29) is 23.8 Å². The lowest BCUT2D eigenvalue weighted by Gasteiger charge is -2.19. The summed E-state index contributed by atoms with van der Waals surface area (Å²) >= 11 is 0. The predicted octanol–water partition coefficient (Wildman–Crippen LogP) is 0.427. The summed E-state index contributed by atoms with van der Waals surface area (Å²) in [5.41, 5.74) is 6.18. The standard InChI is InChI=1S/C11H16N2O3/c1-7(14)6-13(2)11(16)9-5-8(15)3-4-10(9)12/h3-5,7,14-15H,6,12H2,1-2H3. The van der Waals surface area contributed by atoms with E-state index in [4.69, 9.17) is 10.8 Å². The number of carbonyl (C=O) groups excluding carboxylic acids is 1. The number of hydrogen-bond acceptors (Lipinski definition) is 4. The van der Waals surface area contributed by atoms with Gasteiger partial charge in [0.05, 0.1) is 11.7 Å². The van der Waals surface area contributed by atoms with E-state index in [0.717, 1.165) is 0 Å². The first kappa shape index (κ1) is 12.3. The third kappa shape index (κ3) is 2.87. The Bertz CT molecular complexity index is 391. The number of aliphatic hydroxyl groups is 1. The molecule has 0 aliphatic carbocycles. The van der Waals surface area contributed by atoms with Crippen molar-refractivity contribution >= 4 is 11.6 Å². The molecule has 0 saturated carbocycles. The second-order valence-corrected chi connectivity index (χ2v) is 3.81. The molecule has 1 atom stereocenters. The summed E-state index contributed by atoms with van der Waals surface area (Å²) in [6.45, 7) is 1.81. The highest BCUT2D eigenvalue weighted by molar-refractivity contribution is 5.99. The Morgan fingerprint density at radius 2 is 2.19 bits per heavy atom. The molecule has 1 amide bonds. The van der Waals surface area contributed by atoms with Gasteiger partial charge in [-0.15, -0.1) is 0 Å². The highest BCUT2D eigenvalue weighted by Crippen LogP contribution is 2.19. The normalized spacial score (nSPS) is 12.2. The van der Waals surface area contributed by atoms with Gasteiger partial charge in [-0.25, -0.2) is 0 Å². The molecule has 1 aromatic rings. The number of nitrogen functional groups attached to an aromatic ring is 1. The number of likely N-dealkylation sites (N-methyl/N-ethyl adjacent to an activating group) is 1. The fourth-order valence-electron chi connectivity index (χ4n) is 1.41. The van der Waals surface area contributed by atoms with E-state index in [2.05, 4.69) is 0 Å². The Labute approximate surface area is 94.1 Å². The van der Waals surface area contributed by atoms with E-state index in [0.29, 0.717) is 5.69 Å². The largest absolute Gasteiger partial charge is 0.508 e. The van der Waals surface area contributed by atoms with Crippen molar-refractivity contribution in [1.29, 1.82) is 0 Å². The Morgan fingerprint density at radius 1 is 1.56 bits per heavy atom. The van der Waals surface area contributed by atoms with Crippen LogP contribution >= 0.6 is 0 Å². The first-order valence-electron chi connectivity index (χ1n) is 4.94. The van der Waals surface area contributed by atoms with Crippen molar-refractivity contribution in [1.82, 2.24) is 4.90 Å². The number of aromatic hydroxyl groups is 1. The molecule has 1 rings (SSSR count). The zero-order chi connectivity index (χ0) is 12.3. The molecule has 0 aliphatic heterocycles. The number of carbonyl (C=O) groups is 1. The maximum Gasteiger partial charge on any atom is 0.255 e. The van der Waals surface area contributed by atoms with Gasteiger partial charge in [-0.05, 0) is 25.1 Å². The van der Waals surface area contributed by atoms with E-state index < -0.39 is 6.10 Å². The van der Waals surface area contributed by atoms with Crippen LogP contribution in [0.2, 0.25) is 0 Å². The van der Waals surface area contributed by atoms with Gasteiger partial charge in [0, 0.05) is 19.3 Å². The fourth-order valence-corrected chi connectivity index (χ4v) is 1.41. The van der Waals surface area contributed by atoms with Crippen molar-refractivity contribution in [3.8, 4) is 5.75 Å². The minimum Gasteiger partial charge on any atom is -0.508 e. The molecular formula is C11H16N2O3. The summed E-state index contributed by atoms with van der Waals surface area (Å²) in [5.74, 6) is -0.336. The SMILES string of the molecule is CC(O)CN(C)C(=O)c1cc(O)ccc1N. The summed E-state index contributed by atoms with van der Waals surface area (Å²) in [5, 5.41) is 18.4. The average Bonchev–Trinajstić information content (AvgIpc) is 2.19. The van der Waals surface area contributed by atoms with E-state index in [1.165, 1.54) is 23.1 Å². The Balaban J connectivity index is 2.91. The molecule has 5 heteroatoms. The molecule has 0 aromatic heterocycles. The molecule has 1 unspecified atom stereocenters. The number of phenols is 1. The number of nitrogens with zero attached hydrogens (tertiary/aromatic N) is 1. The molecule has 0 radical (unpaired) electrons. The first-order valence-corrected chi connectivity index (χ1v) is 4.94. The minimum atomic E-state index is -0.604. The predicted molar refractivity (Wildman–Crippen MR) is 61.2 cm³/mol. The average molecular weight is 224 g/mol. The fraction of sp³-hybridized carbons (Fsp3) is 0.364. The number of hydrogen-bond donors (Lipinski definition) is 3. The van der Waals surface area contributed by atoms with Crippen molar-refractivity contribution in [3.63, 3.8) is 0 Å². The van der Waals surface area contributed by atoms with Crippen LogP contribution in [0.1, 0.15) is 17.3 Å². The molecule has 5 nitrogen and oxygen atoms in total. The highest BCUT2D eigenvalue weighted by Gasteiger charge is 2.16. The van der Waals surface area contributed by atoms with E-state index >= 15 is 0 Å². The van der Waals surface area contributed by atoms with Gasteiger partial charge in [-0.3, -0.25) is 4.79 Å². The van der Waals surface area contributed by atoms with Crippen LogP contribution in [0.4, 0.5) is 5.69 Å². The molecule has 0 aliphatic rings. The van der Waals surface area contributed by atoms with Gasteiger partial charge >= 0.3 is 0 Å². The molecule has 0 bridgehead atoms. The number of phenolic OH excluding ortho intramolecular Hbond substituents is 1. The number of amides is 1. The maximum atomic E-state index is 11.9. The number of nitrogens with two attached hydrogens (primary N) is 1. The molecule has 0 fully saturated rings. The summed E-state index contributed by atoms with van der Waals surface area (Å²) in [6, 6.07) is 4.20. The van der Waals surface area contributed by atoms with Crippen LogP contribution in [0.25, 0.3) is 0 Å². The van der Waals surface area contributed by atoms with E-state index in [1.54, 1.807) is 14.0 Å². The van der Waals surface area contributed by atoms with Crippen molar-refractivity contribution < 1.29 is 15.0 Å². The molecule has 88 valence electrons. The molecular weight excluding hydrogens is 208 g/mol. The zero-order valence-electron chi connectivity index (χ0n) is 9.34. The topological polar surface area (TPSA) is 86.8 Å². The Morgan fingerprint density at radius 3 is 2.75 bits per heavy atom. The van der Waals surface area contributed by atoms with Gasteiger partial charge in [0.25, 0.3) is 5.91 Å². The maximum absolute atomic E-state index is 11.9. The lowest BCUT2D eigenvalue weighted by molar-refractivity contribution is 0.0704. The zero-order valence-corrected chi connectivity index (χ0v) is 9.34. The van der Waals surface area contributed by atoms with Crippen LogP contribution < -0.4 is 5.73 Å². The number of anilines is 1. The lowest BCUT2D eigenvalue weighted by atomic mass is 10.1. The van der Waals surface area contributed by atoms with Crippen LogP contribution in [-0.2, 0) is 0 Å². The molecule has 1 aromatic carbocycles. The second kappa shape index (κ2) is 4.85. The van der Waals surface area contributed by atoms with Gasteiger partial charge < -0.3 is 20.8 Å². The van der Waals surface area contributed by atoms with Crippen LogP contribution in [0.3, 0.4) is 0 Å². The molecule has 0 saturated heterocycles. The molecule has 16 heavy (non-hydrogen) atoms. The first-order chi connectivity index (χ1) is 7.41. The summed E-state index contributed by atoms with van der Waals surface area (Å²) in [6.07, 6.45) is -0.604. The van der Waals surface area contributed by atoms with Crippen molar-refractivity contribution in [2.45, 2.75) is 13.0 Å². The van der Waals surface area contributed by atoms with Crippen LogP contribution in [0, 0.1) is 0 Å².